The van der Waals surface area contributed by atoms with E-state index in [0.717, 1.165) is 44.3 Å². The van der Waals surface area contributed by atoms with Crippen LogP contribution in [0.4, 0.5) is 0 Å². The number of aliphatic hydroxyl groups is 1. The number of thiophene rings is 1. The molecule has 1 aliphatic heterocycles. The Balaban J connectivity index is 1.35. The number of aliphatic carboxylic acids is 1. The lowest BCUT2D eigenvalue weighted by Crippen LogP contribution is -2.44. The number of rotatable bonds is 11. The molecule has 0 spiro atoms. The molecule has 2 aromatic heterocycles. The molecule has 0 amide bonds. The molecule has 3 heterocycles. The number of aliphatic hydroxyl groups excluding tert-OH is 1. The van der Waals surface area contributed by atoms with Gasteiger partial charge in [-0.15, -0.1) is 11.3 Å². The van der Waals surface area contributed by atoms with Crippen LogP contribution in [0.2, 0.25) is 5.02 Å². The second-order valence-corrected chi connectivity index (χ2v) is 10.9. The SMILES string of the molecule is COc1ccc2ncc(Cl)c([C@@H](O)CCC3(C(=O)O)CCN(CCCCc4cccs4)CC3)c2c1. The number of aryl methyl sites for hydroxylation is 1. The molecule has 1 saturated heterocycles. The van der Waals surface area contributed by atoms with Crippen LogP contribution in [0.1, 0.15) is 55.1 Å². The number of likely N-dealkylation sites (tertiary alicyclic amines) is 1. The third kappa shape index (κ3) is 6.15. The van der Waals surface area contributed by atoms with Crippen LogP contribution in [-0.4, -0.2) is 52.8 Å². The van der Waals surface area contributed by atoms with E-state index in [2.05, 4.69) is 27.4 Å². The Bertz CT molecular complexity index is 1130. The van der Waals surface area contributed by atoms with Crippen molar-refractivity contribution >= 4 is 39.8 Å². The highest BCUT2D eigenvalue weighted by atomic mass is 35.5. The van der Waals surface area contributed by atoms with Crippen molar-refractivity contribution in [1.82, 2.24) is 9.88 Å². The van der Waals surface area contributed by atoms with Gasteiger partial charge in [0.1, 0.15) is 5.75 Å². The Labute approximate surface area is 215 Å². The van der Waals surface area contributed by atoms with Crippen LogP contribution < -0.4 is 4.74 Å². The number of hydrogen-bond donors (Lipinski definition) is 2. The molecule has 0 bridgehead atoms. The molecule has 3 aromatic rings. The summed E-state index contributed by atoms with van der Waals surface area (Å²) in [7, 11) is 1.59. The van der Waals surface area contributed by atoms with E-state index in [0.29, 0.717) is 47.5 Å². The molecular formula is C27H33ClN2O4S. The van der Waals surface area contributed by atoms with Gasteiger partial charge in [0.15, 0.2) is 0 Å². The van der Waals surface area contributed by atoms with E-state index in [1.54, 1.807) is 24.6 Å². The Morgan fingerprint density at radius 1 is 1.29 bits per heavy atom. The molecule has 35 heavy (non-hydrogen) atoms. The van der Waals surface area contributed by atoms with Crippen molar-refractivity contribution in [2.24, 2.45) is 5.41 Å². The summed E-state index contributed by atoms with van der Waals surface area (Å²) in [4.78, 5) is 20.5. The number of pyridine rings is 1. The van der Waals surface area contributed by atoms with Gasteiger partial charge in [0, 0.05) is 22.0 Å². The molecule has 1 atom stereocenters. The van der Waals surface area contributed by atoms with Crippen LogP contribution in [-0.2, 0) is 11.2 Å². The fourth-order valence-corrected chi connectivity index (χ4v) is 6.08. The van der Waals surface area contributed by atoms with Crippen LogP contribution >= 0.6 is 22.9 Å². The second-order valence-electron chi connectivity index (χ2n) is 9.42. The molecule has 4 rings (SSSR count). The van der Waals surface area contributed by atoms with E-state index in [1.165, 1.54) is 4.88 Å². The summed E-state index contributed by atoms with van der Waals surface area (Å²) in [5.41, 5.74) is 0.477. The molecule has 0 unspecified atom stereocenters. The predicted molar refractivity (Wildman–Crippen MR) is 140 cm³/mol. The maximum absolute atomic E-state index is 12.3. The van der Waals surface area contributed by atoms with Gasteiger partial charge in [-0.05, 0) is 94.2 Å². The topological polar surface area (TPSA) is 82.9 Å². The maximum atomic E-state index is 12.3. The van der Waals surface area contributed by atoms with Gasteiger partial charge in [-0.25, -0.2) is 0 Å². The number of methoxy groups -OCH3 is 1. The van der Waals surface area contributed by atoms with Gasteiger partial charge in [0.05, 0.1) is 29.2 Å². The van der Waals surface area contributed by atoms with Crippen molar-refractivity contribution in [1.29, 1.82) is 0 Å². The van der Waals surface area contributed by atoms with E-state index in [9.17, 15) is 15.0 Å². The summed E-state index contributed by atoms with van der Waals surface area (Å²) in [6, 6.07) is 9.73. The standard InChI is InChI=1S/C27H33ClN2O4S/c1-34-19-7-8-23-21(17-19)25(22(28)18-29-23)24(31)9-10-27(26(32)33)11-14-30(15-12-27)13-3-2-5-20-6-4-16-35-20/h4,6-8,16-18,24,31H,2-3,5,9-15H2,1H3,(H,32,33)/t24-/m0/s1. The monoisotopic (exact) mass is 516 g/mol. The minimum Gasteiger partial charge on any atom is -0.497 e. The predicted octanol–water partition coefficient (Wildman–Crippen LogP) is 5.96. The summed E-state index contributed by atoms with van der Waals surface area (Å²) >= 11 is 8.24. The number of halogens is 1. The van der Waals surface area contributed by atoms with E-state index >= 15 is 0 Å². The molecule has 8 heteroatoms. The number of nitrogens with zero attached hydrogens (tertiary/aromatic N) is 2. The van der Waals surface area contributed by atoms with Crippen LogP contribution in [0.5, 0.6) is 5.75 Å². The first-order valence-corrected chi connectivity index (χ1v) is 13.5. The lowest BCUT2D eigenvalue weighted by Gasteiger charge is -2.39. The molecule has 0 aliphatic carbocycles. The quantitative estimate of drug-likeness (QED) is 0.306. The number of carboxylic acid groups (broad SMARTS) is 1. The maximum Gasteiger partial charge on any atom is 0.309 e. The number of carbonyl (C=O) groups is 1. The molecule has 188 valence electrons. The van der Waals surface area contributed by atoms with Crippen LogP contribution in [0.15, 0.2) is 41.9 Å². The minimum atomic E-state index is -0.883. The molecule has 1 aromatic carbocycles. The highest BCUT2D eigenvalue weighted by molar-refractivity contribution is 7.09. The number of piperidine rings is 1. The van der Waals surface area contributed by atoms with Crippen LogP contribution in [0, 0.1) is 5.41 Å². The van der Waals surface area contributed by atoms with E-state index < -0.39 is 17.5 Å². The number of fused-ring (bicyclic) bond motifs is 1. The number of benzene rings is 1. The second kappa shape index (κ2) is 11.7. The zero-order valence-electron chi connectivity index (χ0n) is 20.1. The Kier molecular flexibility index (Phi) is 8.65. The third-order valence-corrected chi connectivity index (χ3v) is 8.53. The molecule has 1 aliphatic rings. The Morgan fingerprint density at radius 3 is 2.77 bits per heavy atom. The zero-order chi connectivity index (χ0) is 24.8. The van der Waals surface area contributed by atoms with Crippen LogP contribution in [0.3, 0.4) is 0 Å². The fraction of sp³-hybridized carbons (Fsp3) is 0.481. The number of aromatic nitrogens is 1. The molecule has 2 N–H and O–H groups in total. The lowest BCUT2D eigenvalue weighted by atomic mass is 9.74. The normalized spacial score (nSPS) is 16.9. The lowest BCUT2D eigenvalue weighted by molar-refractivity contribution is -0.153. The average Bonchev–Trinajstić information content (AvgIpc) is 3.39. The molecular weight excluding hydrogens is 484 g/mol. The first-order chi connectivity index (χ1) is 16.9. The van der Waals surface area contributed by atoms with E-state index in [4.69, 9.17) is 16.3 Å². The number of hydrogen-bond acceptors (Lipinski definition) is 6. The number of ether oxygens (including phenoxy) is 1. The molecule has 6 nitrogen and oxygen atoms in total. The summed E-state index contributed by atoms with van der Waals surface area (Å²) in [5, 5.41) is 24.4. The Morgan fingerprint density at radius 2 is 2.09 bits per heavy atom. The van der Waals surface area contributed by atoms with Gasteiger partial charge in [-0.3, -0.25) is 9.78 Å². The number of unbranched alkanes of at least 4 members (excludes halogenated alkanes) is 1. The Hall–Kier alpha value is -2.19. The average molecular weight is 517 g/mol. The first-order valence-electron chi connectivity index (χ1n) is 12.2. The molecule has 0 saturated carbocycles. The van der Waals surface area contributed by atoms with Crippen LogP contribution in [0.25, 0.3) is 10.9 Å². The highest BCUT2D eigenvalue weighted by Gasteiger charge is 2.41. The third-order valence-electron chi connectivity index (χ3n) is 7.29. The fourth-order valence-electron chi connectivity index (χ4n) is 5.06. The van der Waals surface area contributed by atoms with Gasteiger partial charge in [0.25, 0.3) is 0 Å². The van der Waals surface area contributed by atoms with Crippen molar-refractivity contribution in [3.05, 3.63) is 57.4 Å². The van der Waals surface area contributed by atoms with E-state index in [-0.39, 0.29) is 0 Å². The zero-order valence-corrected chi connectivity index (χ0v) is 21.7. The van der Waals surface area contributed by atoms with Crippen molar-refractivity contribution in [3.8, 4) is 5.75 Å². The van der Waals surface area contributed by atoms with Crippen molar-refractivity contribution in [2.75, 3.05) is 26.7 Å². The van der Waals surface area contributed by atoms with Crippen molar-refractivity contribution < 1.29 is 19.7 Å². The summed E-state index contributed by atoms with van der Waals surface area (Å²) in [6.07, 6.45) is 5.96. The summed E-state index contributed by atoms with van der Waals surface area (Å²) < 4.78 is 5.33. The van der Waals surface area contributed by atoms with E-state index in [1.807, 2.05) is 18.2 Å². The van der Waals surface area contributed by atoms with Crippen molar-refractivity contribution in [2.45, 2.75) is 51.0 Å². The highest BCUT2D eigenvalue weighted by Crippen LogP contribution is 2.41. The summed E-state index contributed by atoms with van der Waals surface area (Å²) in [6.45, 7) is 2.55. The minimum absolute atomic E-state index is 0.323. The number of carboxylic acids is 1. The smallest absolute Gasteiger partial charge is 0.309 e. The van der Waals surface area contributed by atoms with Gasteiger partial charge >= 0.3 is 5.97 Å². The largest absolute Gasteiger partial charge is 0.497 e. The first kappa shape index (κ1) is 25.9. The van der Waals surface area contributed by atoms with Gasteiger partial charge < -0.3 is 19.8 Å². The molecule has 0 radical (unpaired) electrons. The van der Waals surface area contributed by atoms with Gasteiger partial charge in [0.2, 0.25) is 0 Å². The summed E-state index contributed by atoms with van der Waals surface area (Å²) in [5.74, 6) is -0.116. The van der Waals surface area contributed by atoms with Gasteiger partial charge in [-0.1, -0.05) is 17.7 Å². The van der Waals surface area contributed by atoms with Gasteiger partial charge in [-0.2, -0.15) is 0 Å². The molecule has 1 fully saturated rings. The van der Waals surface area contributed by atoms with Crippen molar-refractivity contribution in [3.63, 3.8) is 0 Å².